The van der Waals surface area contributed by atoms with Crippen LogP contribution in [-0.4, -0.2) is 18.6 Å². The number of nitrogens with one attached hydrogen (secondary N) is 1. The number of nitriles is 1. The summed E-state index contributed by atoms with van der Waals surface area (Å²) in [4.78, 5) is 12.2. The minimum absolute atomic E-state index is 0.00899. The Balaban J connectivity index is 2.12. The van der Waals surface area contributed by atoms with Crippen molar-refractivity contribution in [3.63, 3.8) is 0 Å². The van der Waals surface area contributed by atoms with E-state index < -0.39 is 17.8 Å². The van der Waals surface area contributed by atoms with Crippen molar-refractivity contribution in [2.75, 3.05) is 11.9 Å². The minimum Gasteiger partial charge on any atom is -0.490 e. The first-order valence-electron chi connectivity index (χ1n) is 7.54. The molecule has 0 aliphatic heterocycles. The summed E-state index contributed by atoms with van der Waals surface area (Å²) in [5, 5.41) is 11.6. The summed E-state index contributed by atoms with van der Waals surface area (Å²) in [6.45, 7) is 3.70. The molecule has 1 N–H and O–H groups in total. The van der Waals surface area contributed by atoms with E-state index in [2.05, 4.69) is 5.32 Å². The Morgan fingerprint density at radius 2 is 2.08 bits per heavy atom. The van der Waals surface area contributed by atoms with Crippen molar-refractivity contribution < 1.29 is 18.7 Å². The number of benzene rings is 2. The lowest BCUT2D eigenvalue weighted by atomic mass is 10.2. The molecule has 0 heterocycles. The first-order valence-corrected chi connectivity index (χ1v) is 7.92. The second-order valence-electron chi connectivity index (χ2n) is 5.08. The van der Waals surface area contributed by atoms with Gasteiger partial charge >= 0.3 is 0 Å². The number of carbonyl (C=O) groups is 1. The molecule has 0 aliphatic rings. The maximum absolute atomic E-state index is 13.8. The van der Waals surface area contributed by atoms with E-state index in [0.717, 1.165) is 6.07 Å². The first-order chi connectivity index (χ1) is 11.9. The van der Waals surface area contributed by atoms with E-state index in [1.807, 2.05) is 6.07 Å². The van der Waals surface area contributed by atoms with Gasteiger partial charge in [0.05, 0.1) is 23.9 Å². The van der Waals surface area contributed by atoms with Gasteiger partial charge in [-0.1, -0.05) is 11.6 Å². The van der Waals surface area contributed by atoms with Crippen LogP contribution in [0.3, 0.4) is 0 Å². The average Bonchev–Trinajstić information content (AvgIpc) is 2.59. The Morgan fingerprint density at radius 3 is 2.72 bits per heavy atom. The molecule has 7 heteroatoms. The Bertz CT molecular complexity index is 820. The predicted molar refractivity (Wildman–Crippen MR) is 92.5 cm³/mol. The molecule has 0 unspecified atom stereocenters. The molecule has 0 spiro atoms. The van der Waals surface area contributed by atoms with Crippen molar-refractivity contribution >= 4 is 23.2 Å². The lowest BCUT2D eigenvalue weighted by Crippen LogP contribution is -2.30. The zero-order chi connectivity index (χ0) is 18.4. The molecule has 2 rings (SSSR count). The highest BCUT2D eigenvalue weighted by molar-refractivity contribution is 6.30. The number of hydrogen-bond acceptors (Lipinski definition) is 4. The van der Waals surface area contributed by atoms with Gasteiger partial charge in [0.2, 0.25) is 0 Å². The quantitative estimate of drug-likeness (QED) is 0.837. The maximum Gasteiger partial charge on any atom is 0.265 e. The standard InChI is InChI=1S/C18H16ClFN2O3/c1-3-24-17-8-12(10-21)4-7-16(17)25-11(2)18(23)22-15-6-5-13(19)9-14(15)20/h4-9,11H,3H2,1-2H3,(H,22,23)/t11-/m0/s1. The van der Waals surface area contributed by atoms with Crippen LogP contribution >= 0.6 is 11.6 Å². The summed E-state index contributed by atoms with van der Waals surface area (Å²) in [6.07, 6.45) is -0.915. The van der Waals surface area contributed by atoms with Crippen molar-refractivity contribution in [2.45, 2.75) is 20.0 Å². The van der Waals surface area contributed by atoms with E-state index in [4.69, 9.17) is 26.3 Å². The molecular formula is C18H16ClFN2O3. The van der Waals surface area contributed by atoms with Crippen LogP contribution in [0.2, 0.25) is 5.02 Å². The van der Waals surface area contributed by atoms with Crippen LogP contribution in [0, 0.1) is 17.1 Å². The summed E-state index contributed by atoms with van der Waals surface area (Å²) in [5.74, 6) is -0.492. The van der Waals surface area contributed by atoms with Crippen molar-refractivity contribution in [3.05, 3.63) is 52.8 Å². The fraction of sp³-hybridized carbons (Fsp3) is 0.222. The highest BCUT2D eigenvalue weighted by Gasteiger charge is 2.19. The zero-order valence-corrected chi connectivity index (χ0v) is 14.4. The minimum atomic E-state index is -0.915. The number of ether oxygens (including phenoxy) is 2. The molecule has 1 atom stereocenters. The lowest BCUT2D eigenvalue weighted by Gasteiger charge is -2.17. The van der Waals surface area contributed by atoms with Gasteiger partial charge < -0.3 is 14.8 Å². The molecule has 0 fully saturated rings. The van der Waals surface area contributed by atoms with Crippen LogP contribution in [0.15, 0.2) is 36.4 Å². The molecule has 0 radical (unpaired) electrons. The number of rotatable bonds is 6. The van der Waals surface area contributed by atoms with Gasteiger partial charge in [-0.2, -0.15) is 5.26 Å². The molecular weight excluding hydrogens is 347 g/mol. The maximum atomic E-state index is 13.8. The van der Waals surface area contributed by atoms with Gasteiger partial charge in [0.1, 0.15) is 5.82 Å². The van der Waals surface area contributed by atoms with Gasteiger partial charge in [0, 0.05) is 11.1 Å². The fourth-order valence-corrected chi connectivity index (χ4v) is 2.17. The zero-order valence-electron chi connectivity index (χ0n) is 13.7. The third-order valence-corrected chi connectivity index (χ3v) is 3.47. The topological polar surface area (TPSA) is 71.3 Å². The molecule has 1 amide bonds. The number of anilines is 1. The molecule has 0 saturated heterocycles. The first kappa shape index (κ1) is 18.6. The third-order valence-electron chi connectivity index (χ3n) is 3.23. The van der Waals surface area contributed by atoms with Gasteiger partial charge in [-0.05, 0) is 44.2 Å². The van der Waals surface area contributed by atoms with Gasteiger partial charge in [0.15, 0.2) is 17.6 Å². The number of amides is 1. The molecule has 0 aliphatic carbocycles. The Labute approximate surface area is 149 Å². The van der Waals surface area contributed by atoms with E-state index in [9.17, 15) is 9.18 Å². The molecule has 5 nitrogen and oxygen atoms in total. The molecule has 130 valence electrons. The van der Waals surface area contributed by atoms with Crippen molar-refractivity contribution in [1.29, 1.82) is 5.26 Å². The fourth-order valence-electron chi connectivity index (χ4n) is 2.01. The molecule has 25 heavy (non-hydrogen) atoms. The highest BCUT2D eigenvalue weighted by Crippen LogP contribution is 2.29. The van der Waals surface area contributed by atoms with Crippen LogP contribution in [0.25, 0.3) is 0 Å². The predicted octanol–water partition coefficient (Wildman–Crippen LogP) is 4.16. The SMILES string of the molecule is CCOc1cc(C#N)ccc1O[C@@H](C)C(=O)Nc1ccc(Cl)cc1F. The van der Waals surface area contributed by atoms with Crippen LogP contribution in [-0.2, 0) is 4.79 Å². The van der Waals surface area contributed by atoms with E-state index in [1.165, 1.54) is 25.1 Å². The normalized spacial score (nSPS) is 11.3. The van der Waals surface area contributed by atoms with Gasteiger partial charge in [-0.3, -0.25) is 4.79 Å². The summed E-state index contributed by atoms with van der Waals surface area (Å²) in [5.41, 5.74) is 0.422. The molecule has 0 bridgehead atoms. The van der Waals surface area contributed by atoms with Crippen molar-refractivity contribution in [2.24, 2.45) is 0 Å². The van der Waals surface area contributed by atoms with Crippen LogP contribution in [0.5, 0.6) is 11.5 Å². The Morgan fingerprint density at radius 1 is 1.32 bits per heavy atom. The van der Waals surface area contributed by atoms with E-state index in [0.29, 0.717) is 23.7 Å². The lowest BCUT2D eigenvalue weighted by molar-refractivity contribution is -0.122. The van der Waals surface area contributed by atoms with Crippen molar-refractivity contribution in [3.8, 4) is 17.6 Å². The molecule has 0 aromatic heterocycles. The van der Waals surface area contributed by atoms with Crippen LogP contribution < -0.4 is 14.8 Å². The van der Waals surface area contributed by atoms with Crippen molar-refractivity contribution in [1.82, 2.24) is 0 Å². The van der Waals surface area contributed by atoms with E-state index in [-0.39, 0.29) is 10.7 Å². The largest absolute Gasteiger partial charge is 0.490 e. The number of hydrogen-bond donors (Lipinski definition) is 1. The Kier molecular flexibility index (Phi) is 6.20. The Hall–Kier alpha value is -2.78. The van der Waals surface area contributed by atoms with Crippen LogP contribution in [0.1, 0.15) is 19.4 Å². The summed E-state index contributed by atoms with van der Waals surface area (Å²) in [7, 11) is 0. The molecule has 2 aromatic rings. The monoisotopic (exact) mass is 362 g/mol. The van der Waals surface area contributed by atoms with E-state index in [1.54, 1.807) is 19.1 Å². The number of carbonyl (C=O) groups excluding carboxylic acids is 1. The molecule has 2 aromatic carbocycles. The second kappa shape index (κ2) is 8.36. The summed E-state index contributed by atoms with van der Waals surface area (Å²) < 4.78 is 24.8. The van der Waals surface area contributed by atoms with Gasteiger partial charge in [0.25, 0.3) is 5.91 Å². The summed E-state index contributed by atoms with van der Waals surface area (Å²) in [6, 6.07) is 10.6. The van der Waals surface area contributed by atoms with Gasteiger partial charge in [-0.25, -0.2) is 4.39 Å². The molecule has 0 saturated carbocycles. The summed E-state index contributed by atoms with van der Waals surface area (Å²) >= 11 is 5.68. The van der Waals surface area contributed by atoms with E-state index >= 15 is 0 Å². The van der Waals surface area contributed by atoms with Crippen LogP contribution in [0.4, 0.5) is 10.1 Å². The number of nitrogens with zero attached hydrogens (tertiary/aromatic N) is 1. The van der Waals surface area contributed by atoms with Gasteiger partial charge in [-0.15, -0.1) is 0 Å². The number of halogens is 2. The third kappa shape index (κ3) is 4.85. The smallest absolute Gasteiger partial charge is 0.265 e. The average molecular weight is 363 g/mol. The highest BCUT2D eigenvalue weighted by atomic mass is 35.5. The second-order valence-corrected chi connectivity index (χ2v) is 5.52.